The van der Waals surface area contributed by atoms with Gasteiger partial charge in [0.2, 0.25) is 0 Å². The number of benzene rings is 1. The molecule has 0 saturated heterocycles. The summed E-state index contributed by atoms with van der Waals surface area (Å²) in [7, 11) is 1.63. The van der Waals surface area contributed by atoms with Crippen LogP contribution in [0.5, 0.6) is 11.5 Å². The monoisotopic (exact) mass is 317 g/mol. The standard InChI is InChI=1S/C13H20BrNO3/c1-4-15-8-10-6-11(14)13(12(7-10)16-3)18-9-17-5-2/h6-7,15H,4-5,8-9H2,1-3H3. The zero-order valence-electron chi connectivity index (χ0n) is 11.1. The van der Waals surface area contributed by atoms with E-state index in [1.54, 1.807) is 7.11 Å². The van der Waals surface area contributed by atoms with Crippen LogP contribution in [0.3, 0.4) is 0 Å². The number of hydrogen-bond donors (Lipinski definition) is 1. The Morgan fingerprint density at radius 1 is 1.28 bits per heavy atom. The second kappa shape index (κ2) is 8.34. The molecular weight excluding hydrogens is 298 g/mol. The smallest absolute Gasteiger partial charge is 0.189 e. The number of nitrogens with one attached hydrogen (secondary N) is 1. The van der Waals surface area contributed by atoms with Gasteiger partial charge in [0, 0.05) is 13.2 Å². The fourth-order valence-corrected chi connectivity index (χ4v) is 2.07. The Kier molecular flexibility index (Phi) is 7.08. The fraction of sp³-hybridized carbons (Fsp3) is 0.538. The molecule has 1 N–H and O–H groups in total. The SMILES string of the molecule is CCNCc1cc(Br)c(OCOCC)c(OC)c1. The molecule has 5 heteroatoms. The Labute approximate surface area is 117 Å². The molecule has 0 aliphatic rings. The van der Waals surface area contributed by atoms with Gasteiger partial charge in [0.05, 0.1) is 11.6 Å². The van der Waals surface area contributed by atoms with Crippen LogP contribution in [0, 0.1) is 0 Å². The van der Waals surface area contributed by atoms with E-state index in [1.807, 2.05) is 19.1 Å². The van der Waals surface area contributed by atoms with Crippen molar-refractivity contribution in [1.29, 1.82) is 0 Å². The zero-order chi connectivity index (χ0) is 13.4. The van der Waals surface area contributed by atoms with E-state index in [2.05, 4.69) is 28.2 Å². The highest BCUT2D eigenvalue weighted by Gasteiger charge is 2.11. The Balaban J connectivity index is 2.82. The summed E-state index contributed by atoms with van der Waals surface area (Å²) in [5, 5.41) is 3.27. The van der Waals surface area contributed by atoms with Gasteiger partial charge < -0.3 is 19.5 Å². The van der Waals surface area contributed by atoms with Gasteiger partial charge in [-0.1, -0.05) is 6.92 Å². The molecule has 0 radical (unpaired) electrons. The van der Waals surface area contributed by atoms with Crippen LogP contribution in [0.4, 0.5) is 0 Å². The van der Waals surface area contributed by atoms with E-state index < -0.39 is 0 Å². The Hall–Kier alpha value is -0.780. The van der Waals surface area contributed by atoms with Crippen molar-refractivity contribution in [2.24, 2.45) is 0 Å². The van der Waals surface area contributed by atoms with Crippen LogP contribution in [0.25, 0.3) is 0 Å². The Bertz CT molecular complexity index is 371. The van der Waals surface area contributed by atoms with Crippen LogP contribution in [0.15, 0.2) is 16.6 Å². The Morgan fingerprint density at radius 3 is 2.67 bits per heavy atom. The molecule has 0 spiro atoms. The second-order valence-electron chi connectivity index (χ2n) is 3.64. The minimum Gasteiger partial charge on any atom is -0.493 e. The van der Waals surface area contributed by atoms with Gasteiger partial charge in [0.1, 0.15) is 0 Å². The maximum atomic E-state index is 5.54. The Morgan fingerprint density at radius 2 is 2.06 bits per heavy atom. The normalized spacial score (nSPS) is 10.4. The molecular formula is C13H20BrNO3. The molecule has 18 heavy (non-hydrogen) atoms. The van der Waals surface area contributed by atoms with Crippen LogP contribution in [-0.2, 0) is 11.3 Å². The lowest BCUT2D eigenvalue weighted by Crippen LogP contribution is -2.12. The fourth-order valence-electron chi connectivity index (χ4n) is 1.47. The van der Waals surface area contributed by atoms with Crippen LogP contribution in [0.2, 0.25) is 0 Å². The van der Waals surface area contributed by atoms with E-state index in [0.717, 1.165) is 23.1 Å². The van der Waals surface area contributed by atoms with Gasteiger partial charge in [0.15, 0.2) is 18.3 Å². The molecule has 1 rings (SSSR count). The summed E-state index contributed by atoms with van der Waals surface area (Å²) in [5.41, 5.74) is 1.14. The van der Waals surface area contributed by atoms with Crippen molar-refractivity contribution in [2.45, 2.75) is 20.4 Å². The number of halogens is 1. The number of ether oxygens (including phenoxy) is 3. The van der Waals surface area contributed by atoms with Gasteiger partial charge in [0.25, 0.3) is 0 Å². The minimum atomic E-state index is 0.220. The summed E-state index contributed by atoms with van der Waals surface area (Å²) in [4.78, 5) is 0. The van der Waals surface area contributed by atoms with Crippen LogP contribution < -0.4 is 14.8 Å². The molecule has 0 aliphatic carbocycles. The zero-order valence-corrected chi connectivity index (χ0v) is 12.7. The summed E-state index contributed by atoms with van der Waals surface area (Å²) < 4.78 is 16.9. The highest BCUT2D eigenvalue weighted by Crippen LogP contribution is 2.36. The van der Waals surface area contributed by atoms with Crippen molar-refractivity contribution >= 4 is 15.9 Å². The third-order valence-corrected chi connectivity index (χ3v) is 2.95. The first-order valence-electron chi connectivity index (χ1n) is 6.00. The highest BCUT2D eigenvalue weighted by molar-refractivity contribution is 9.10. The maximum Gasteiger partial charge on any atom is 0.189 e. The van der Waals surface area contributed by atoms with Gasteiger partial charge in [-0.3, -0.25) is 0 Å². The van der Waals surface area contributed by atoms with Crippen molar-refractivity contribution in [3.8, 4) is 11.5 Å². The summed E-state index contributed by atoms with van der Waals surface area (Å²) in [6.45, 7) is 6.58. The van der Waals surface area contributed by atoms with Crippen molar-refractivity contribution in [3.05, 3.63) is 22.2 Å². The predicted octanol–water partition coefficient (Wildman–Crippen LogP) is 2.94. The first-order valence-corrected chi connectivity index (χ1v) is 6.79. The van der Waals surface area contributed by atoms with E-state index >= 15 is 0 Å². The van der Waals surface area contributed by atoms with Crippen molar-refractivity contribution in [2.75, 3.05) is 27.1 Å². The van der Waals surface area contributed by atoms with E-state index in [-0.39, 0.29) is 6.79 Å². The average molecular weight is 318 g/mol. The minimum absolute atomic E-state index is 0.220. The molecule has 0 heterocycles. The van der Waals surface area contributed by atoms with Crippen molar-refractivity contribution in [1.82, 2.24) is 5.32 Å². The number of methoxy groups -OCH3 is 1. The molecule has 0 atom stereocenters. The van der Waals surface area contributed by atoms with Gasteiger partial charge in [-0.15, -0.1) is 0 Å². The molecule has 0 unspecified atom stereocenters. The molecule has 4 nitrogen and oxygen atoms in total. The first kappa shape index (κ1) is 15.3. The maximum absolute atomic E-state index is 5.54. The van der Waals surface area contributed by atoms with E-state index in [9.17, 15) is 0 Å². The molecule has 0 amide bonds. The molecule has 0 aliphatic heterocycles. The lowest BCUT2D eigenvalue weighted by atomic mass is 10.2. The molecule has 0 aromatic heterocycles. The third-order valence-electron chi connectivity index (χ3n) is 2.36. The summed E-state index contributed by atoms with van der Waals surface area (Å²) in [6.07, 6.45) is 0. The molecule has 102 valence electrons. The number of hydrogen-bond acceptors (Lipinski definition) is 4. The molecule has 0 bridgehead atoms. The largest absolute Gasteiger partial charge is 0.493 e. The van der Waals surface area contributed by atoms with Crippen molar-refractivity contribution in [3.63, 3.8) is 0 Å². The van der Waals surface area contributed by atoms with Gasteiger partial charge in [-0.2, -0.15) is 0 Å². The molecule has 1 aromatic rings. The lowest BCUT2D eigenvalue weighted by Gasteiger charge is -2.14. The predicted molar refractivity (Wildman–Crippen MR) is 75.2 cm³/mol. The van der Waals surface area contributed by atoms with Crippen LogP contribution in [0.1, 0.15) is 19.4 Å². The van der Waals surface area contributed by atoms with E-state index in [1.165, 1.54) is 0 Å². The summed E-state index contributed by atoms with van der Waals surface area (Å²) >= 11 is 3.49. The van der Waals surface area contributed by atoms with E-state index in [4.69, 9.17) is 14.2 Å². The molecule has 1 aromatic carbocycles. The highest BCUT2D eigenvalue weighted by atomic mass is 79.9. The first-order chi connectivity index (χ1) is 8.72. The van der Waals surface area contributed by atoms with Crippen LogP contribution >= 0.6 is 15.9 Å². The third kappa shape index (κ3) is 4.48. The lowest BCUT2D eigenvalue weighted by molar-refractivity contribution is 0.0204. The number of rotatable bonds is 8. The second-order valence-corrected chi connectivity index (χ2v) is 4.50. The van der Waals surface area contributed by atoms with Gasteiger partial charge >= 0.3 is 0 Å². The molecule has 0 fully saturated rings. The van der Waals surface area contributed by atoms with Gasteiger partial charge in [-0.25, -0.2) is 0 Å². The van der Waals surface area contributed by atoms with E-state index in [0.29, 0.717) is 18.1 Å². The average Bonchev–Trinajstić information content (AvgIpc) is 2.38. The topological polar surface area (TPSA) is 39.7 Å². The summed E-state index contributed by atoms with van der Waals surface area (Å²) in [5.74, 6) is 1.38. The quantitative estimate of drug-likeness (QED) is 0.591. The van der Waals surface area contributed by atoms with Crippen LogP contribution in [-0.4, -0.2) is 27.1 Å². The van der Waals surface area contributed by atoms with Crippen molar-refractivity contribution < 1.29 is 14.2 Å². The molecule has 0 saturated carbocycles. The summed E-state index contributed by atoms with van der Waals surface area (Å²) in [6, 6.07) is 3.99. The van der Waals surface area contributed by atoms with Gasteiger partial charge in [-0.05, 0) is 47.1 Å².